The quantitative estimate of drug-likeness (QED) is 0.733. The Labute approximate surface area is 109 Å². The van der Waals surface area contributed by atoms with Crippen molar-refractivity contribution >= 4 is 17.7 Å². The summed E-state index contributed by atoms with van der Waals surface area (Å²) in [6.07, 6.45) is 5.51. The predicted octanol–water partition coefficient (Wildman–Crippen LogP) is 2.36. The van der Waals surface area contributed by atoms with Crippen LogP contribution in [0.4, 0.5) is 14.9 Å². The van der Waals surface area contributed by atoms with Gasteiger partial charge >= 0.3 is 12.0 Å². The minimum atomic E-state index is -1.37. The molecule has 0 atom stereocenters. The molecule has 1 aromatic carbocycles. The maximum absolute atomic E-state index is 13.2. The summed E-state index contributed by atoms with van der Waals surface area (Å²) in [7, 11) is 0. The molecule has 5 nitrogen and oxygen atoms in total. The zero-order chi connectivity index (χ0) is 13.8. The van der Waals surface area contributed by atoms with Crippen molar-refractivity contribution in [2.24, 2.45) is 0 Å². The van der Waals surface area contributed by atoms with Gasteiger partial charge in [-0.25, -0.2) is 14.0 Å². The molecule has 0 aliphatic heterocycles. The van der Waals surface area contributed by atoms with Gasteiger partial charge in [-0.05, 0) is 31.0 Å². The molecule has 0 bridgehead atoms. The van der Waals surface area contributed by atoms with E-state index in [4.69, 9.17) is 5.11 Å². The average molecular weight is 264 g/mol. The van der Waals surface area contributed by atoms with Crippen molar-refractivity contribution in [3.05, 3.63) is 41.7 Å². The number of aromatic carboxylic acids is 1. The molecular formula is C13H13FN2O3. The highest BCUT2D eigenvalue weighted by atomic mass is 19.1. The van der Waals surface area contributed by atoms with Gasteiger partial charge in [0.25, 0.3) is 0 Å². The molecule has 0 heterocycles. The number of halogens is 1. The first kappa shape index (κ1) is 13.1. The largest absolute Gasteiger partial charge is 0.478 e. The molecule has 19 heavy (non-hydrogen) atoms. The molecular weight excluding hydrogens is 251 g/mol. The summed E-state index contributed by atoms with van der Waals surface area (Å²) in [6, 6.07) is 3.03. The molecule has 1 aliphatic rings. The van der Waals surface area contributed by atoms with E-state index in [9.17, 15) is 14.0 Å². The maximum Gasteiger partial charge on any atom is 0.338 e. The van der Waals surface area contributed by atoms with E-state index < -0.39 is 23.4 Å². The van der Waals surface area contributed by atoms with Crippen LogP contribution < -0.4 is 10.6 Å². The topological polar surface area (TPSA) is 78.4 Å². The highest BCUT2D eigenvalue weighted by Gasteiger charge is 2.15. The van der Waals surface area contributed by atoms with Gasteiger partial charge in [-0.3, -0.25) is 0 Å². The van der Waals surface area contributed by atoms with Gasteiger partial charge in [0.05, 0.1) is 5.56 Å². The fourth-order valence-corrected chi connectivity index (χ4v) is 1.85. The van der Waals surface area contributed by atoms with E-state index in [1.54, 1.807) is 0 Å². The summed E-state index contributed by atoms with van der Waals surface area (Å²) in [5.41, 5.74) is -0.234. The molecule has 0 radical (unpaired) electrons. The van der Waals surface area contributed by atoms with Gasteiger partial charge in [0.1, 0.15) is 5.82 Å². The van der Waals surface area contributed by atoms with E-state index in [2.05, 4.69) is 10.6 Å². The molecule has 6 heteroatoms. The summed E-state index contributed by atoms with van der Waals surface area (Å²) in [5, 5.41) is 14.0. The number of benzene rings is 1. The Morgan fingerprint density at radius 1 is 1.26 bits per heavy atom. The van der Waals surface area contributed by atoms with Gasteiger partial charge < -0.3 is 15.7 Å². The lowest BCUT2D eigenvalue weighted by molar-refractivity contribution is 0.0692. The van der Waals surface area contributed by atoms with Crippen LogP contribution in [0.1, 0.15) is 23.2 Å². The van der Waals surface area contributed by atoms with Gasteiger partial charge in [0.2, 0.25) is 0 Å². The van der Waals surface area contributed by atoms with Crippen LogP contribution in [0, 0.1) is 5.82 Å². The number of nitrogens with one attached hydrogen (secondary N) is 2. The molecule has 100 valence electrons. The highest BCUT2D eigenvalue weighted by molar-refractivity contribution is 5.93. The Balaban J connectivity index is 2.00. The van der Waals surface area contributed by atoms with Crippen LogP contribution in [0.5, 0.6) is 0 Å². The SMILES string of the molecule is O=C(Nc1ccc(F)c(C(=O)O)c1)NC1CC=CC1. The molecule has 0 saturated carbocycles. The molecule has 0 unspecified atom stereocenters. The minimum Gasteiger partial charge on any atom is -0.478 e. The minimum absolute atomic E-state index is 0.0550. The molecule has 0 spiro atoms. The zero-order valence-corrected chi connectivity index (χ0v) is 10.0. The Bertz CT molecular complexity index is 535. The van der Waals surface area contributed by atoms with E-state index in [0.717, 1.165) is 25.0 Å². The first-order chi connectivity index (χ1) is 9.06. The number of hydrogen-bond donors (Lipinski definition) is 3. The summed E-state index contributed by atoms with van der Waals surface area (Å²) in [4.78, 5) is 22.4. The van der Waals surface area contributed by atoms with E-state index in [1.165, 1.54) is 6.07 Å². The van der Waals surface area contributed by atoms with Crippen molar-refractivity contribution in [3.63, 3.8) is 0 Å². The molecule has 0 saturated heterocycles. The normalized spacial score (nSPS) is 14.4. The molecule has 2 amide bonds. The van der Waals surface area contributed by atoms with Crippen LogP contribution in [0.15, 0.2) is 30.4 Å². The molecule has 0 fully saturated rings. The molecule has 1 aliphatic carbocycles. The first-order valence-corrected chi connectivity index (χ1v) is 5.81. The smallest absolute Gasteiger partial charge is 0.338 e. The van der Waals surface area contributed by atoms with Crippen LogP contribution in [0.3, 0.4) is 0 Å². The number of urea groups is 1. The summed E-state index contributed by atoms with van der Waals surface area (Å²) in [6.45, 7) is 0. The summed E-state index contributed by atoms with van der Waals surface area (Å²) >= 11 is 0. The monoisotopic (exact) mass is 264 g/mol. The standard InChI is InChI=1S/C13H13FN2O3/c14-11-6-5-9(7-10(11)12(17)18)16-13(19)15-8-3-1-2-4-8/h1-2,5-8H,3-4H2,(H,17,18)(H2,15,16,19). The Morgan fingerprint density at radius 2 is 1.95 bits per heavy atom. The lowest BCUT2D eigenvalue weighted by Crippen LogP contribution is -2.36. The fourth-order valence-electron chi connectivity index (χ4n) is 1.85. The molecule has 0 aromatic heterocycles. The second kappa shape index (κ2) is 5.51. The second-order valence-electron chi connectivity index (χ2n) is 4.24. The van der Waals surface area contributed by atoms with Crippen LogP contribution >= 0.6 is 0 Å². The third kappa shape index (κ3) is 3.31. The third-order valence-electron chi connectivity index (χ3n) is 2.80. The van der Waals surface area contributed by atoms with E-state index in [-0.39, 0.29) is 11.7 Å². The fraction of sp³-hybridized carbons (Fsp3) is 0.231. The van der Waals surface area contributed by atoms with Crippen molar-refractivity contribution in [2.75, 3.05) is 5.32 Å². The van der Waals surface area contributed by atoms with Crippen molar-refractivity contribution in [2.45, 2.75) is 18.9 Å². The molecule has 3 N–H and O–H groups in total. The number of carboxylic acid groups (broad SMARTS) is 1. The van der Waals surface area contributed by atoms with Crippen LogP contribution in [-0.2, 0) is 0 Å². The van der Waals surface area contributed by atoms with Gasteiger partial charge in [0, 0.05) is 11.7 Å². The predicted molar refractivity (Wildman–Crippen MR) is 67.7 cm³/mol. The Morgan fingerprint density at radius 3 is 2.58 bits per heavy atom. The number of rotatable bonds is 3. The van der Waals surface area contributed by atoms with Crippen LogP contribution in [0.2, 0.25) is 0 Å². The first-order valence-electron chi connectivity index (χ1n) is 5.81. The van der Waals surface area contributed by atoms with Gasteiger partial charge in [-0.15, -0.1) is 0 Å². The van der Waals surface area contributed by atoms with Gasteiger partial charge in [0.15, 0.2) is 0 Å². The molecule has 1 aromatic rings. The average Bonchev–Trinajstić information content (AvgIpc) is 2.84. The maximum atomic E-state index is 13.2. The van der Waals surface area contributed by atoms with Crippen LogP contribution in [-0.4, -0.2) is 23.1 Å². The van der Waals surface area contributed by atoms with E-state index in [1.807, 2.05) is 12.2 Å². The lowest BCUT2D eigenvalue weighted by Gasteiger charge is -2.13. The highest BCUT2D eigenvalue weighted by Crippen LogP contribution is 2.15. The van der Waals surface area contributed by atoms with Crippen LogP contribution in [0.25, 0.3) is 0 Å². The lowest BCUT2D eigenvalue weighted by atomic mass is 10.2. The number of hydrogen-bond acceptors (Lipinski definition) is 2. The number of carbonyl (C=O) groups excluding carboxylic acids is 1. The van der Waals surface area contributed by atoms with E-state index in [0.29, 0.717) is 0 Å². The van der Waals surface area contributed by atoms with Crippen molar-refractivity contribution in [3.8, 4) is 0 Å². The number of anilines is 1. The zero-order valence-electron chi connectivity index (χ0n) is 10.0. The Hall–Kier alpha value is -2.37. The number of amides is 2. The van der Waals surface area contributed by atoms with E-state index >= 15 is 0 Å². The van der Waals surface area contributed by atoms with Crippen molar-refractivity contribution < 1.29 is 19.1 Å². The van der Waals surface area contributed by atoms with Gasteiger partial charge in [-0.1, -0.05) is 12.2 Å². The summed E-state index contributed by atoms with van der Waals surface area (Å²) < 4.78 is 13.2. The molecule has 2 rings (SSSR count). The third-order valence-corrected chi connectivity index (χ3v) is 2.80. The van der Waals surface area contributed by atoms with Gasteiger partial charge in [-0.2, -0.15) is 0 Å². The van der Waals surface area contributed by atoms with Crippen molar-refractivity contribution in [1.82, 2.24) is 5.32 Å². The second-order valence-corrected chi connectivity index (χ2v) is 4.24. The summed E-state index contributed by atoms with van der Waals surface area (Å²) in [5.74, 6) is -2.21. The number of carboxylic acids is 1. The Kier molecular flexibility index (Phi) is 3.79. The number of carbonyl (C=O) groups is 2. The van der Waals surface area contributed by atoms with Crippen molar-refractivity contribution in [1.29, 1.82) is 0 Å².